The van der Waals surface area contributed by atoms with Crippen molar-refractivity contribution in [1.29, 1.82) is 0 Å². The van der Waals surface area contributed by atoms with Gasteiger partial charge in [-0.1, -0.05) is 12.2 Å². The Hall–Kier alpha value is -1.36. The van der Waals surface area contributed by atoms with Crippen LogP contribution in [0.25, 0.3) is 0 Å². The van der Waals surface area contributed by atoms with E-state index in [9.17, 15) is 9.59 Å². The maximum absolute atomic E-state index is 10.7. The first kappa shape index (κ1) is 12.6. The SMILES string of the molecule is C/C=C\C[C@H](C[C@H](N)C(=O)O)C(=O)O. The molecule has 0 aromatic rings. The molecule has 0 rings (SSSR count). The monoisotopic (exact) mass is 201 g/mol. The topological polar surface area (TPSA) is 101 Å². The van der Waals surface area contributed by atoms with E-state index >= 15 is 0 Å². The summed E-state index contributed by atoms with van der Waals surface area (Å²) in [6.07, 6.45) is 3.68. The van der Waals surface area contributed by atoms with Crippen molar-refractivity contribution < 1.29 is 19.8 Å². The van der Waals surface area contributed by atoms with Crippen LogP contribution in [0, 0.1) is 5.92 Å². The Morgan fingerprint density at radius 2 is 1.93 bits per heavy atom. The third-order valence-electron chi connectivity index (χ3n) is 1.86. The summed E-state index contributed by atoms with van der Waals surface area (Å²) in [6, 6.07) is -1.11. The molecular formula is C9H15NO4. The molecule has 0 aliphatic rings. The van der Waals surface area contributed by atoms with Crippen LogP contribution in [-0.2, 0) is 9.59 Å². The lowest BCUT2D eigenvalue weighted by molar-refractivity contribution is -0.143. The standard InChI is InChI=1S/C9H15NO4/c1-2-3-4-6(8(11)12)5-7(10)9(13)14/h2-3,6-7H,4-5,10H2,1H3,(H,11,12)(H,13,14)/b3-2-/t6-,7+/m1/s1. The summed E-state index contributed by atoms with van der Waals surface area (Å²) in [7, 11) is 0. The zero-order valence-electron chi connectivity index (χ0n) is 8.01. The Morgan fingerprint density at radius 1 is 1.36 bits per heavy atom. The van der Waals surface area contributed by atoms with E-state index in [1.807, 2.05) is 0 Å². The van der Waals surface area contributed by atoms with Gasteiger partial charge in [-0.3, -0.25) is 9.59 Å². The van der Waals surface area contributed by atoms with Crippen LogP contribution in [0.5, 0.6) is 0 Å². The van der Waals surface area contributed by atoms with Crippen LogP contribution >= 0.6 is 0 Å². The van der Waals surface area contributed by atoms with Crippen molar-refractivity contribution >= 4 is 11.9 Å². The summed E-state index contributed by atoms with van der Waals surface area (Å²) in [5.74, 6) is -2.91. The van der Waals surface area contributed by atoms with Crippen LogP contribution in [0.15, 0.2) is 12.2 Å². The maximum atomic E-state index is 10.7. The van der Waals surface area contributed by atoms with Gasteiger partial charge in [0.1, 0.15) is 6.04 Å². The molecule has 0 aliphatic heterocycles. The first-order valence-electron chi connectivity index (χ1n) is 4.31. The summed E-state index contributed by atoms with van der Waals surface area (Å²) in [5.41, 5.74) is 5.24. The quantitative estimate of drug-likeness (QED) is 0.542. The Morgan fingerprint density at radius 3 is 2.29 bits per heavy atom. The molecule has 0 unspecified atom stereocenters. The van der Waals surface area contributed by atoms with Gasteiger partial charge < -0.3 is 15.9 Å². The highest BCUT2D eigenvalue weighted by Gasteiger charge is 2.22. The highest BCUT2D eigenvalue weighted by molar-refractivity contribution is 5.75. The normalized spacial score (nSPS) is 15.3. The highest BCUT2D eigenvalue weighted by Crippen LogP contribution is 2.12. The number of hydrogen-bond acceptors (Lipinski definition) is 3. The number of carbonyl (C=O) groups is 2. The fourth-order valence-electron chi connectivity index (χ4n) is 1.01. The van der Waals surface area contributed by atoms with E-state index in [0.717, 1.165) is 0 Å². The van der Waals surface area contributed by atoms with Crippen LogP contribution in [0.1, 0.15) is 19.8 Å². The summed E-state index contributed by atoms with van der Waals surface area (Å²) in [5, 5.41) is 17.3. The van der Waals surface area contributed by atoms with Gasteiger partial charge in [-0.25, -0.2) is 0 Å². The van der Waals surface area contributed by atoms with E-state index in [2.05, 4.69) is 0 Å². The molecule has 14 heavy (non-hydrogen) atoms. The van der Waals surface area contributed by atoms with Gasteiger partial charge in [-0.05, 0) is 19.8 Å². The Balaban J connectivity index is 4.22. The molecule has 0 bridgehead atoms. The number of carboxylic acid groups (broad SMARTS) is 2. The number of nitrogens with two attached hydrogens (primary N) is 1. The van der Waals surface area contributed by atoms with Crippen molar-refractivity contribution in [2.45, 2.75) is 25.8 Å². The fraction of sp³-hybridized carbons (Fsp3) is 0.556. The van der Waals surface area contributed by atoms with Gasteiger partial charge in [-0.15, -0.1) is 0 Å². The number of aliphatic carboxylic acids is 2. The number of rotatable bonds is 6. The first-order chi connectivity index (χ1) is 6.49. The first-order valence-corrected chi connectivity index (χ1v) is 4.31. The number of allylic oxidation sites excluding steroid dienone is 2. The van der Waals surface area contributed by atoms with E-state index in [4.69, 9.17) is 15.9 Å². The lowest BCUT2D eigenvalue weighted by Gasteiger charge is -2.12. The van der Waals surface area contributed by atoms with Crippen LogP contribution in [0.2, 0.25) is 0 Å². The molecule has 4 N–H and O–H groups in total. The molecule has 80 valence electrons. The van der Waals surface area contributed by atoms with Crippen molar-refractivity contribution in [2.75, 3.05) is 0 Å². The third-order valence-corrected chi connectivity index (χ3v) is 1.86. The zero-order valence-corrected chi connectivity index (χ0v) is 8.01. The molecule has 0 heterocycles. The molecule has 5 heteroatoms. The van der Waals surface area contributed by atoms with Crippen molar-refractivity contribution in [3.8, 4) is 0 Å². The largest absolute Gasteiger partial charge is 0.481 e. The second kappa shape index (κ2) is 6.15. The van der Waals surface area contributed by atoms with Crippen LogP contribution in [-0.4, -0.2) is 28.2 Å². The second-order valence-electron chi connectivity index (χ2n) is 3.02. The summed E-state index contributed by atoms with van der Waals surface area (Å²) in [4.78, 5) is 21.1. The minimum atomic E-state index is -1.17. The minimum absolute atomic E-state index is 0.0466. The summed E-state index contributed by atoms with van der Waals surface area (Å²) < 4.78 is 0. The molecule has 0 aromatic carbocycles. The smallest absolute Gasteiger partial charge is 0.320 e. The summed E-state index contributed by atoms with van der Waals surface area (Å²) >= 11 is 0. The minimum Gasteiger partial charge on any atom is -0.481 e. The van der Waals surface area contributed by atoms with E-state index < -0.39 is 23.9 Å². The molecular weight excluding hydrogens is 186 g/mol. The Labute approximate surface area is 82.2 Å². The molecule has 0 fully saturated rings. The summed E-state index contributed by atoms with van der Waals surface area (Å²) in [6.45, 7) is 1.77. The fourth-order valence-corrected chi connectivity index (χ4v) is 1.01. The van der Waals surface area contributed by atoms with Crippen LogP contribution in [0.4, 0.5) is 0 Å². The second-order valence-corrected chi connectivity index (χ2v) is 3.02. The van der Waals surface area contributed by atoms with Crippen LogP contribution in [0.3, 0.4) is 0 Å². The van der Waals surface area contributed by atoms with Gasteiger partial charge in [0, 0.05) is 0 Å². The molecule has 0 radical (unpaired) electrons. The third kappa shape index (κ3) is 4.61. The predicted molar refractivity (Wildman–Crippen MR) is 50.8 cm³/mol. The molecule has 0 aliphatic carbocycles. The predicted octanol–water partition coefficient (Wildman–Crippen LogP) is 0.455. The lowest BCUT2D eigenvalue weighted by Crippen LogP contribution is -2.34. The molecule has 0 saturated carbocycles. The van der Waals surface area contributed by atoms with Crippen molar-refractivity contribution in [3.05, 3.63) is 12.2 Å². The molecule has 0 spiro atoms. The average Bonchev–Trinajstić information content (AvgIpc) is 2.10. The van der Waals surface area contributed by atoms with E-state index in [1.165, 1.54) is 0 Å². The van der Waals surface area contributed by atoms with E-state index in [-0.39, 0.29) is 6.42 Å². The molecule has 5 nitrogen and oxygen atoms in total. The Kier molecular flexibility index (Phi) is 5.55. The molecule has 0 amide bonds. The molecule has 0 saturated heterocycles. The van der Waals surface area contributed by atoms with E-state index in [0.29, 0.717) is 6.42 Å². The number of carboxylic acids is 2. The van der Waals surface area contributed by atoms with E-state index in [1.54, 1.807) is 19.1 Å². The van der Waals surface area contributed by atoms with Crippen molar-refractivity contribution in [2.24, 2.45) is 11.7 Å². The molecule has 0 aromatic heterocycles. The average molecular weight is 201 g/mol. The van der Waals surface area contributed by atoms with Gasteiger partial charge >= 0.3 is 11.9 Å². The maximum Gasteiger partial charge on any atom is 0.320 e. The highest BCUT2D eigenvalue weighted by atomic mass is 16.4. The number of hydrogen-bond donors (Lipinski definition) is 3. The van der Waals surface area contributed by atoms with Gasteiger partial charge in [0.2, 0.25) is 0 Å². The molecule has 2 atom stereocenters. The lowest BCUT2D eigenvalue weighted by atomic mass is 9.97. The van der Waals surface area contributed by atoms with Gasteiger partial charge in [0.25, 0.3) is 0 Å². The van der Waals surface area contributed by atoms with Crippen molar-refractivity contribution in [3.63, 3.8) is 0 Å². The van der Waals surface area contributed by atoms with Crippen LogP contribution < -0.4 is 5.73 Å². The van der Waals surface area contributed by atoms with Gasteiger partial charge in [0.15, 0.2) is 0 Å². The Bertz CT molecular complexity index is 237. The van der Waals surface area contributed by atoms with Gasteiger partial charge in [-0.2, -0.15) is 0 Å². The van der Waals surface area contributed by atoms with Gasteiger partial charge in [0.05, 0.1) is 5.92 Å². The van der Waals surface area contributed by atoms with Crippen molar-refractivity contribution in [1.82, 2.24) is 0 Å². The zero-order chi connectivity index (χ0) is 11.1.